The number of isocyanates is 2. The molecular weight excluding hydrogens is 456 g/mol. The van der Waals surface area contributed by atoms with Gasteiger partial charge in [0.1, 0.15) is 12.2 Å². The Morgan fingerprint density at radius 2 is 1.20 bits per heavy atom. The lowest BCUT2D eigenvalue weighted by Gasteiger charge is -2.17. The molecule has 0 saturated carbocycles. The molecule has 2 N–H and O–H groups in total. The van der Waals surface area contributed by atoms with Crippen molar-refractivity contribution in [3.63, 3.8) is 0 Å². The Morgan fingerprint density at radius 3 is 1.57 bits per heavy atom. The standard InChI is InChI=1S/C24H26N4O7/c1-15-5-7-19(9-21(15)25-13-29)27-23(31)34-17(3)11-33-12-18(4)35-24(32)28-20-8-6-16(2)22(10-20)26-14-30/h5-10,17-18H,11-12H2,1-4H3,(H,27,31)(H,28,32). The summed E-state index contributed by atoms with van der Waals surface area (Å²) >= 11 is 0. The third-order valence-corrected chi connectivity index (χ3v) is 4.56. The van der Waals surface area contributed by atoms with E-state index in [9.17, 15) is 19.2 Å². The fourth-order valence-electron chi connectivity index (χ4n) is 2.84. The molecular formula is C24H26N4O7. The number of nitrogens with one attached hydrogen (secondary N) is 2. The number of nitrogens with zero attached hydrogens (tertiary/aromatic N) is 2. The van der Waals surface area contributed by atoms with E-state index in [0.29, 0.717) is 22.7 Å². The minimum atomic E-state index is -0.703. The molecule has 2 atom stereocenters. The average molecular weight is 482 g/mol. The van der Waals surface area contributed by atoms with Gasteiger partial charge < -0.3 is 14.2 Å². The molecule has 35 heavy (non-hydrogen) atoms. The number of aliphatic imine (C=N–C) groups is 2. The fraction of sp³-hybridized carbons (Fsp3) is 0.333. The van der Waals surface area contributed by atoms with Crippen LogP contribution in [-0.2, 0) is 23.8 Å². The van der Waals surface area contributed by atoms with E-state index in [0.717, 1.165) is 11.1 Å². The summed E-state index contributed by atoms with van der Waals surface area (Å²) in [6.07, 6.45) is 0.355. The first-order chi connectivity index (χ1) is 16.7. The minimum absolute atomic E-state index is 0.0718. The first-order valence-electron chi connectivity index (χ1n) is 10.6. The summed E-state index contributed by atoms with van der Waals surface area (Å²) in [5.74, 6) is 0. The van der Waals surface area contributed by atoms with Gasteiger partial charge in [-0.15, -0.1) is 0 Å². The normalized spacial score (nSPS) is 11.8. The predicted octanol–water partition coefficient (Wildman–Crippen LogP) is 4.83. The maximum atomic E-state index is 12.1. The van der Waals surface area contributed by atoms with E-state index >= 15 is 0 Å². The van der Waals surface area contributed by atoms with Crippen molar-refractivity contribution in [2.75, 3.05) is 23.8 Å². The molecule has 184 valence electrons. The molecule has 2 amide bonds. The second-order valence-electron chi connectivity index (χ2n) is 7.63. The van der Waals surface area contributed by atoms with Crippen LogP contribution in [0.4, 0.5) is 32.3 Å². The molecule has 0 saturated heterocycles. The Hall–Kier alpha value is -4.30. The van der Waals surface area contributed by atoms with Gasteiger partial charge in [0, 0.05) is 11.4 Å². The van der Waals surface area contributed by atoms with Crippen LogP contribution in [0.1, 0.15) is 25.0 Å². The van der Waals surface area contributed by atoms with Crippen molar-refractivity contribution in [1.82, 2.24) is 0 Å². The van der Waals surface area contributed by atoms with E-state index in [1.54, 1.807) is 52.0 Å². The first kappa shape index (κ1) is 26.9. The van der Waals surface area contributed by atoms with Crippen LogP contribution in [-0.4, -0.2) is 49.8 Å². The second kappa shape index (κ2) is 13.4. The fourth-order valence-corrected chi connectivity index (χ4v) is 2.84. The zero-order valence-electron chi connectivity index (χ0n) is 19.8. The number of carbonyl (C=O) groups excluding carboxylic acids is 4. The smallest absolute Gasteiger partial charge is 0.411 e. The summed E-state index contributed by atoms with van der Waals surface area (Å²) in [4.78, 5) is 52.3. The molecule has 0 aromatic heterocycles. The van der Waals surface area contributed by atoms with Crippen molar-refractivity contribution < 1.29 is 33.4 Å². The molecule has 2 unspecified atom stereocenters. The number of ether oxygens (including phenoxy) is 3. The SMILES string of the molecule is Cc1ccc(NC(=O)OC(C)COCC(C)OC(=O)Nc2ccc(C)c(N=C=O)c2)cc1N=C=O. The van der Waals surface area contributed by atoms with Crippen LogP contribution < -0.4 is 10.6 Å². The predicted molar refractivity (Wildman–Crippen MR) is 128 cm³/mol. The molecule has 0 bridgehead atoms. The van der Waals surface area contributed by atoms with Gasteiger partial charge in [-0.1, -0.05) is 12.1 Å². The quantitative estimate of drug-likeness (QED) is 0.364. The van der Waals surface area contributed by atoms with Crippen molar-refractivity contribution in [3.8, 4) is 0 Å². The van der Waals surface area contributed by atoms with Gasteiger partial charge in [0.25, 0.3) is 0 Å². The molecule has 0 aliphatic carbocycles. The molecule has 0 aliphatic rings. The Bertz CT molecular complexity index is 1070. The van der Waals surface area contributed by atoms with Gasteiger partial charge in [0.2, 0.25) is 12.2 Å². The molecule has 0 fully saturated rings. The molecule has 0 heterocycles. The second-order valence-corrected chi connectivity index (χ2v) is 7.63. The van der Waals surface area contributed by atoms with E-state index in [4.69, 9.17) is 14.2 Å². The maximum absolute atomic E-state index is 12.1. The molecule has 2 aromatic carbocycles. The Kier molecular flexibility index (Phi) is 10.3. The van der Waals surface area contributed by atoms with Crippen LogP contribution in [0.3, 0.4) is 0 Å². The van der Waals surface area contributed by atoms with Gasteiger partial charge in [-0.3, -0.25) is 10.6 Å². The maximum Gasteiger partial charge on any atom is 0.411 e. The monoisotopic (exact) mass is 482 g/mol. The van der Waals surface area contributed by atoms with Crippen LogP contribution in [0.2, 0.25) is 0 Å². The van der Waals surface area contributed by atoms with E-state index in [1.165, 1.54) is 24.3 Å². The first-order valence-corrected chi connectivity index (χ1v) is 10.6. The lowest BCUT2D eigenvalue weighted by Crippen LogP contribution is -2.28. The highest BCUT2D eigenvalue weighted by Gasteiger charge is 2.14. The summed E-state index contributed by atoms with van der Waals surface area (Å²) in [6, 6.07) is 9.76. The van der Waals surface area contributed by atoms with Gasteiger partial charge in [-0.05, 0) is 63.1 Å². The molecule has 0 radical (unpaired) electrons. The Balaban J connectivity index is 1.73. The molecule has 0 aliphatic heterocycles. The topological polar surface area (TPSA) is 145 Å². The number of amides is 2. The summed E-state index contributed by atoms with van der Waals surface area (Å²) in [5.41, 5.74) is 3.13. The van der Waals surface area contributed by atoms with E-state index in [2.05, 4.69) is 20.6 Å². The molecule has 11 nitrogen and oxygen atoms in total. The Labute approximate surface area is 202 Å². The molecule has 11 heteroatoms. The Morgan fingerprint density at radius 1 is 0.800 bits per heavy atom. The van der Waals surface area contributed by atoms with Crippen molar-refractivity contribution >= 4 is 47.1 Å². The van der Waals surface area contributed by atoms with Crippen molar-refractivity contribution in [1.29, 1.82) is 0 Å². The number of hydrogen-bond acceptors (Lipinski definition) is 9. The zero-order chi connectivity index (χ0) is 25.8. The highest BCUT2D eigenvalue weighted by atomic mass is 16.6. The van der Waals surface area contributed by atoms with Gasteiger partial charge >= 0.3 is 12.2 Å². The third kappa shape index (κ3) is 9.23. The summed E-state index contributed by atoms with van der Waals surface area (Å²) < 4.78 is 15.9. The van der Waals surface area contributed by atoms with Crippen LogP contribution in [0, 0.1) is 13.8 Å². The number of aryl methyl sites for hydroxylation is 2. The van der Waals surface area contributed by atoms with Crippen molar-refractivity contribution in [3.05, 3.63) is 47.5 Å². The van der Waals surface area contributed by atoms with E-state index in [1.807, 2.05) is 0 Å². The number of rotatable bonds is 10. The summed E-state index contributed by atoms with van der Waals surface area (Å²) in [6.45, 7) is 6.98. The van der Waals surface area contributed by atoms with Crippen LogP contribution >= 0.6 is 0 Å². The van der Waals surface area contributed by atoms with Crippen LogP contribution in [0.25, 0.3) is 0 Å². The largest absolute Gasteiger partial charge is 0.444 e. The van der Waals surface area contributed by atoms with Gasteiger partial charge in [0.15, 0.2) is 0 Å². The highest BCUT2D eigenvalue weighted by molar-refractivity contribution is 5.86. The number of hydrogen-bond donors (Lipinski definition) is 2. The molecule has 2 rings (SSSR count). The average Bonchev–Trinajstić information content (AvgIpc) is 2.78. The van der Waals surface area contributed by atoms with Crippen LogP contribution in [0.5, 0.6) is 0 Å². The van der Waals surface area contributed by atoms with Gasteiger partial charge in [-0.2, -0.15) is 9.98 Å². The van der Waals surface area contributed by atoms with E-state index < -0.39 is 24.4 Å². The third-order valence-electron chi connectivity index (χ3n) is 4.56. The zero-order valence-corrected chi connectivity index (χ0v) is 19.8. The summed E-state index contributed by atoms with van der Waals surface area (Å²) in [7, 11) is 0. The van der Waals surface area contributed by atoms with Crippen molar-refractivity contribution in [2.24, 2.45) is 9.98 Å². The van der Waals surface area contributed by atoms with Gasteiger partial charge in [0.05, 0.1) is 24.6 Å². The van der Waals surface area contributed by atoms with Crippen LogP contribution in [0.15, 0.2) is 46.4 Å². The number of anilines is 2. The van der Waals surface area contributed by atoms with Gasteiger partial charge in [-0.25, -0.2) is 19.2 Å². The summed E-state index contributed by atoms with van der Waals surface area (Å²) in [5, 5.41) is 5.10. The minimum Gasteiger partial charge on any atom is -0.444 e. The highest BCUT2D eigenvalue weighted by Crippen LogP contribution is 2.23. The lowest BCUT2D eigenvalue weighted by molar-refractivity contribution is -0.00472. The molecule has 2 aromatic rings. The van der Waals surface area contributed by atoms with Crippen molar-refractivity contribution in [2.45, 2.75) is 39.9 Å². The number of benzene rings is 2. The molecule has 0 spiro atoms. The number of carbonyl (C=O) groups is 2. The van der Waals surface area contributed by atoms with E-state index in [-0.39, 0.29) is 13.2 Å². The lowest BCUT2D eigenvalue weighted by atomic mass is 10.2.